The first-order valence-corrected chi connectivity index (χ1v) is 9.48. The first-order chi connectivity index (χ1) is 15.6. The topological polar surface area (TPSA) is 123 Å². The number of aromatic nitrogens is 2. The van der Waals surface area contributed by atoms with E-state index in [0.29, 0.717) is 27.9 Å². The number of benzene rings is 3. The van der Waals surface area contributed by atoms with Gasteiger partial charge in [-0.15, -0.1) is 0 Å². The van der Waals surface area contributed by atoms with Crippen LogP contribution in [0.4, 0.5) is 5.69 Å². The molecule has 0 fully saturated rings. The number of nitrogens with zero attached hydrogens (tertiary/aromatic N) is 5. The monoisotopic (exact) mass is 425 g/mol. The maximum atomic E-state index is 13.1. The zero-order chi connectivity index (χ0) is 22.5. The van der Waals surface area contributed by atoms with E-state index in [1.54, 1.807) is 36.4 Å². The molecule has 0 aliphatic carbocycles. The Morgan fingerprint density at radius 2 is 1.88 bits per heavy atom. The molecule has 3 aromatic carbocycles. The largest absolute Gasteiger partial charge is 0.472 e. The second-order valence-electron chi connectivity index (χ2n) is 6.61. The van der Waals surface area contributed by atoms with Crippen molar-refractivity contribution in [2.75, 3.05) is 6.61 Å². The number of hydrogen-bond donors (Lipinski definition) is 0. The number of para-hydroxylation sites is 1. The Kier molecular flexibility index (Phi) is 5.68. The maximum Gasteiger partial charge on any atom is 0.311 e. The van der Waals surface area contributed by atoms with E-state index in [9.17, 15) is 14.9 Å². The molecule has 32 heavy (non-hydrogen) atoms. The predicted octanol–water partition coefficient (Wildman–Crippen LogP) is 3.76. The Labute approximate surface area is 181 Å². The number of fused-ring (bicyclic) bond motifs is 1. The summed E-state index contributed by atoms with van der Waals surface area (Å²) in [5.74, 6) is 0.317. The number of nitriles is 1. The molecule has 9 heteroatoms. The average Bonchev–Trinajstić information content (AvgIpc) is 2.82. The molecule has 0 radical (unpaired) electrons. The third-order valence-electron chi connectivity index (χ3n) is 4.58. The quantitative estimate of drug-likeness (QED) is 0.263. The second kappa shape index (κ2) is 8.89. The van der Waals surface area contributed by atoms with Gasteiger partial charge in [0.15, 0.2) is 18.2 Å². The van der Waals surface area contributed by atoms with Crippen LogP contribution >= 0.6 is 0 Å². The van der Waals surface area contributed by atoms with Gasteiger partial charge >= 0.3 is 5.69 Å². The van der Waals surface area contributed by atoms with Gasteiger partial charge in [0.1, 0.15) is 6.07 Å². The van der Waals surface area contributed by atoms with E-state index in [-0.39, 0.29) is 23.6 Å². The van der Waals surface area contributed by atoms with E-state index < -0.39 is 4.92 Å². The number of nitro groups is 1. The lowest BCUT2D eigenvalue weighted by Gasteiger charge is -2.09. The van der Waals surface area contributed by atoms with E-state index in [2.05, 4.69) is 10.1 Å². The molecule has 0 aliphatic heterocycles. The van der Waals surface area contributed by atoms with E-state index in [1.165, 1.54) is 23.0 Å². The fourth-order valence-corrected chi connectivity index (χ4v) is 3.12. The molecule has 0 bridgehead atoms. The lowest BCUT2D eigenvalue weighted by atomic mass is 10.2. The first-order valence-electron chi connectivity index (χ1n) is 9.48. The van der Waals surface area contributed by atoms with Gasteiger partial charge in [-0.25, -0.2) is 4.98 Å². The molecule has 0 spiro atoms. The predicted molar refractivity (Wildman–Crippen MR) is 119 cm³/mol. The molecule has 4 aromatic rings. The molecule has 0 unspecified atom stereocenters. The maximum absolute atomic E-state index is 13.1. The summed E-state index contributed by atoms with van der Waals surface area (Å²) in [4.78, 5) is 28.5. The van der Waals surface area contributed by atoms with Crippen LogP contribution < -0.4 is 10.3 Å². The zero-order valence-electron chi connectivity index (χ0n) is 16.6. The molecule has 0 aliphatic rings. The third-order valence-corrected chi connectivity index (χ3v) is 4.58. The molecule has 0 saturated heterocycles. The van der Waals surface area contributed by atoms with Crippen molar-refractivity contribution in [1.29, 1.82) is 5.26 Å². The summed E-state index contributed by atoms with van der Waals surface area (Å²) in [5.41, 5.74) is 0.932. The van der Waals surface area contributed by atoms with Crippen molar-refractivity contribution in [3.05, 3.63) is 98.8 Å². The summed E-state index contributed by atoms with van der Waals surface area (Å²) < 4.78 is 6.27. The van der Waals surface area contributed by atoms with E-state index in [1.807, 2.05) is 30.3 Å². The van der Waals surface area contributed by atoms with Gasteiger partial charge in [0.05, 0.1) is 22.0 Å². The second-order valence-corrected chi connectivity index (χ2v) is 6.61. The molecular weight excluding hydrogens is 410 g/mol. The van der Waals surface area contributed by atoms with E-state index >= 15 is 0 Å². The molecule has 4 rings (SSSR count). The lowest BCUT2D eigenvalue weighted by molar-refractivity contribution is -0.385. The van der Waals surface area contributed by atoms with Crippen LogP contribution in [0.3, 0.4) is 0 Å². The van der Waals surface area contributed by atoms with E-state index in [0.717, 1.165) is 0 Å². The van der Waals surface area contributed by atoms with Crippen molar-refractivity contribution in [2.24, 2.45) is 5.10 Å². The average molecular weight is 425 g/mol. The molecule has 1 aromatic heterocycles. The molecule has 156 valence electrons. The van der Waals surface area contributed by atoms with Gasteiger partial charge in [-0.1, -0.05) is 42.5 Å². The zero-order valence-corrected chi connectivity index (χ0v) is 16.6. The number of ether oxygens (including phenoxy) is 1. The first kappa shape index (κ1) is 20.4. The number of rotatable bonds is 6. The Morgan fingerprint density at radius 1 is 1.12 bits per heavy atom. The summed E-state index contributed by atoms with van der Waals surface area (Å²) in [6.07, 6.45) is 1.34. The SMILES string of the molecule is N#CCOc1ccc(C=Nn2c(-c3ccccc3)nc3ccccc3c2=O)cc1[N+](=O)[O-]. The van der Waals surface area contributed by atoms with Gasteiger partial charge < -0.3 is 4.74 Å². The summed E-state index contributed by atoms with van der Waals surface area (Å²) in [7, 11) is 0. The van der Waals surface area contributed by atoms with Crippen molar-refractivity contribution >= 4 is 22.8 Å². The molecule has 0 saturated carbocycles. The minimum absolute atomic E-state index is 0.0248. The molecule has 0 amide bonds. The highest BCUT2D eigenvalue weighted by Gasteiger charge is 2.16. The Balaban J connectivity index is 1.83. The summed E-state index contributed by atoms with van der Waals surface area (Å²) >= 11 is 0. The van der Waals surface area contributed by atoms with E-state index in [4.69, 9.17) is 10.00 Å². The van der Waals surface area contributed by atoms with Gasteiger partial charge in [-0.2, -0.15) is 15.0 Å². The van der Waals surface area contributed by atoms with Crippen LogP contribution in [0.1, 0.15) is 5.56 Å². The van der Waals surface area contributed by atoms with Crippen molar-refractivity contribution < 1.29 is 9.66 Å². The van der Waals surface area contributed by atoms with Crippen LogP contribution in [0.25, 0.3) is 22.3 Å². The summed E-state index contributed by atoms with van der Waals surface area (Å²) in [5, 5.41) is 24.7. The third kappa shape index (κ3) is 4.06. The van der Waals surface area contributed by atoms with Crippen molar-refractivity contribution in [3.8, 4) is 23.2 Å². The molecule has 9 nitrogen and oxygen atoms in total. The minimum Gasteiger partial charge on any atom is -0.472 e. The van der Waals surface area contributed by atoms with Crippen LogP contribution in [0.15, 0.2) is 82.7 Å². The van der Waals surface area contributed by atoms with Crippen molar-refractivity contribution in [2.45, 2.75) is 0 Å². The fourth-order valence-electron chi connectivity index (χ4n) is 3.12. The smallest absolute Gasteiger partial charge is 0.311 e. The van der Waals surface area contributed by atoms with Crippen molar-refractivity contribution in [1.82, 2.24) is 9.66 Å². The molecular formula is C23H15N5O4. The van der Waals surface area contributed by atoms with Crippen LogP contribution in [-0.4, -0.2) is 27.4 Å². The van der Waals surface area contributed by atoms with Gasteiger partial charge in [0.25, 0.3) is 5.56 Å². The highest BCUT2D eigenvalue weighted by Crippen LogP contribution is 2.27. The number of hydrogen-bond acceptors (Lipinski definition) is 7. The standard InChI is InChI=1S/C23H15N5O4/c24-12-13-32-21-11-10-16(14-20(21)28(30)31)15-25-27-22(17-6-2-1-3-7-17)26-19-9-5-4-8-18(19)23(27)29/h1-11,14-15H,13H2. The molecule has 0 N–H and O–H groups in total. The minimum atomic E-state index is -0.608. The Hall–Kier alpha value is -4.84. The Morgan fingerprint density at radius 3 is 2.62 bits per heavy atom. The van der Waals surface area contributed by atoms with Crippen LogP contribution in [-0.2, 0) is 0 Å². The van der Waals surface area contributed by atoms with Gasteiger partial charge in [-0.3, -0.25) is 14.9 Å². The Bertz CT molecular complexity index is 1440. The summed E-state index contributed by atoms with van der Waals surface area (Å²) in [6.45, 7) is -0.313. The van der Waals surface area contributed by atoms with Crippen LogP contribution in [0.5, 0.6) is 5.75 Å². The molecule has 1 heterocycles. The molecule has 0 atom stereocenters. The van der Waals surface area contributed by atoms with Crippen LogP contribution in [0.2, 0.25) is 0 Å². The number of nitro benzene ring substituents is 1. The normalized spacial score (nSPS) is 10.8. The lowest BCUT2D eigenvalue weighted by Crippen LogP contribution is -2.20. The highest BCUT2D eigenvalue weighted by molar-refractivity contribution is 5.83. The summed E-state index contributed by atoms with van der Waals surface area (Å²) in [6, 6.07) is 22.1. The van der Waals surface area contributed by atoms with Gasteiger partial charge in [0, 0.05) is 17.2 Å². The van der Waals surface area contributed by atoms with Gasteiger partial charge in [-0.05, 0) is 24.3 Å². The van der Waals surface area contributed by atoms with Crippen molar-refractivity contribution in [3.63, 3.8) is 0 Å². The fraction of sp³-hybridized carbons (Fsp3) is 0.0435. The van der Waals surface area contributed by atoms with Gasteiger partial charge in [0.2, 0.25) is 0 Å². The highest BCUT2D eigenvalue weighted by atomic mass is 16.6. The van der Waals surface area contributed by atoms with Crippen LogP contribution in [0, 0.1) is 21.4 Å².